The number of carbonyl (C=O) groups is 4. The summed E-state index contributed by atoms with van der Waals surface area (Å²) in [7, 11) is 2.44. The standard InChI is InChI=1S/C8H10O5.C4H6O2/c1-5(9)4-7(10)13-6(2)8(11)12-3;1-3-4(5)6-2/h2,4H2,1,3H3;3H,1H2,2H3. The number of hydrogen-bond acceptors (Lipinski definition) is 7. The van der Waals surface area contributed by atoms with Crippen molar-refractivity contribution in [2.24, 2.45) is 0 Å². The van der Waals surface area contributed by atoms with Gasteiger partial charge in [-0.25, -0.2) is 9.59 Å². The molecular weight excluding hydrogens is 256 g/mol. The van der Waals surface area contributed by atoms with E-state index in [-0.39, 0.29) is 12.2 Å². The molecule has 7 heteroatoms. The first-order valence-electron chi connectivity index (χ1n) is 4.96. The van der Waals surface area contributed by atoms with Gasteiger partial charge in [-0.1, -0.05) is 6.58 Å². The molecule has 0 aromatic rings. The Bertz CT molecular complexity index is 382. The topological polar surface area (TPSA) is 96.0 Å². The van der Waals surface area contributed by atoms with Gasteiger partial charge in [-0.05, 0) is 13.5 Å². The molecule has 106 valence electrons. The molecule has 7 nitrogen and oxygen atoms in total. The normalized spacial score (nSPS) is 8.16. The molecule has 0 saturated heterocycles. The van der Waals surface area contributed by atoms with Gasteiger partial charge in [0.1, 0.15) is 12.2 Å². The number of esters is 3. The first kappa shape index (κ1) is 18.9. The zero-order valence-electron chi connectivity index (χ0n) is 11.1. The molecular formula is C12H16O7. The number of methoxy groups -OCH3 is 2. The van der Waals surface area contributed by atoms with Gasteiger partial charge in [-0.15, -0.1) is 0 Å². The van der Waals surface area contributed by atoms with Gasteiger partial charge in [0.2, 0.25) is 5.76 Å². The first-order valence-corrected chi connectivity index (χ1v) is 4.96. The summed E-state index contributed by atoms with van der Waals surface area (Å²) in [6.07, 6.45) is 0.732. The number of rotatable bonds is 5. The van der Waals surface area contributed by atoms with Crippen molar-refractivity contribution < 1.29 is 33.4 Å². The molecule has 0 aliphatic carbocycles. The molecule has 0 aliphatic rings. The summed E-state index contributed by atoms with van der Waals surface area (Å²) in [5, 5.41) is 0. The molecule has 0 aliphatic heterocycles. The number of carbonyl (C=O) groups excluding carboxylic acids is 4. The highest BCUT2D eigenvalue weighted by atomic mass is 16.6. The maximum Gasteiger partial charge on any atom is 0.373 e. The average molecular weight is 272 g/mol. The highest BCUT2D eigenvalue weighted by molar-refractivity contribution is 5.96. The average Bonchev–Trinajstić information content (AvgIpc) is 2.36. The van der Waals surface area contributed by atoms with Crippen molar-refractivity contribution in [2.45, 2.75) is 13.3 Å². The highest BCUT2D eigenvalue weighted by Gasteiger charge is 2.14. The van der Waals surface area contributed by atoms with Gasteiger partial charge < -0.3 is 14.2 Å². The van der Waals surface area contributed by atoms with Crippen LogP contribution in [-0.2, 0) is 33.4 Å². The monoisotopic (exact) mass is 272 g/mol. The molecule has 0 heterocycles. The minimum atomic E-state index is -0.836. The Balaban J connectivity index is 0. The van der Waals surface area contributed by atoms with Crippen LogP contribution < -0.4 is 0 Å². The van der Waals surface area contributed by atoms with Gasteiger partial charge >= 0.3 is 17.9 Å². The summed E-state index contributed by atoms with van der Waals surface area (Å²) in [6, 6.07) is 0. The predicted molar refractivity (Wildman–Crippen MR) is 64.8 cm³/mol. The van der Waals surface area contributed by atoms with E-state index in [9.17, 15) is 19.2 Å². The van der Waals surface area contributed by atoms with Crippen molar-refractivity contribution in [3.63, 3.8) is 0 Å². The number of hydrogen-bond donors (Lipinski definition) is 0. The van der Waals surface area contributed by atoms with Gasteiger partial charge in [0.05, 0.1) is 14.2 Å². The van der Waals surface area contributed by atoms with Crippen LogP contribution in [0.5, 0.6) is 0 Å². The van der Waals surface area contributed by atoms with Crippen LogP contribution in [0.2, 0.25) is 0 Å². The third kappa shape index (κ3) is 11.8. The van der Waals surface area contributed by atoms with Gasteiger partial charge in [-0.2, -0.15) is 0 Å². The third-order valence-electron chi connectivity index (χ3n) is 1.41. The Kier molecular flexibility index (Phi) is 10.6. The van der Waals surface area contributed by atoms with E-state index >= 15 is 0 Å². The Labute approximate surface area is 110 Å². The van der Waals surface area contributed by atoms with Crippen molar-refractivity contribution in [1.82, 2.24) is 0 Å². The molecule has 19 heavy (non-hydrogen) atoms. The first-order chi connectivity index (χ1) is 8.78. The van der Waals surface area contributed by atoms with E-state index in [1.165, 1.54) is 14.0 Å². The lowest BCUT2D eigenvalue weighted by molar-refractivity contribution is -0.150. The van der Waals surface area contributed by atoms with Crippen molar-refractivity contribution in [2.75, 3.05) is 14.2 Å². The van der Waals surface area contributed by atoms with Crippen LogP contribution in [0.15, 0.2) is 25.0 Å². The summed E-state index contributed by atoms with van der Waals surface area (Å²) >= 11 is 0. The van der Waals surface area contributed by atoms with E-state index in [2.05, 4.69) is 27.4 Å². The van der Waals surface area contributed by atoms with E-state index in [1.807, 2.05) is 0 Å². The van der Waals surface area contributed by atoms with Crippen LogP contribution in [-0.4, -0.2) is 37.9 Å². The molecule has 0 saturated carbocycles. The van der Waals surface area contributed by atoms with E-state index in [0.717, 1.165) is 13.2 Å². The second-order valence-corrected chi connectivity index (χ2v) is 2.99. The Morgan fingerprint density at radius 2 is 1.63 bits per heavy atom. The summed E-state index contributed by atoms with van der Waals surface area (Å²) in [4.78, 5) is 41.7. The molecule has 0 N–H and O–H groups in total. The predicted octanol–water partition coefficient (Wildman–Crippen LogP) is 0.541. The minimum Gasteiger partial charge on any atom is -0.466 e. The van der Waals surface area contributed by atoms with Crippen LogP contribution >= 0.6 is 0 Å². The molecule has 0 fully saturated rings. The fourth-order valence-corrected chi connectivity index (χ4v) is 0.616. The molecule has 0 unspecified atom stereocenters. The van der Waals surface area contributed by atoms with Gasteiger partial charge in [0.25, 0.3) is 0 Å². The SMILES string of the molecule is C=C(OC(=O)CC(C)=O)C(=O)OC.C=CC(=O)OC. The van der Waals surface area contributed by atoms with Gasteiger partial charge in [-0.3, -0.25) is 9.59 Å². The van der Waals surface area contributed by atoms with Crippen LogP contribution in [0.3, 0.4) is 0 Å². The maximum absolute atomic E-state index is 10.8. The Morgan fingerprint density at radius 3 is 1.89 bits per heavy atom. The van der Waals surface area contributed by atoms with Crippen molar-refractivity contribution in [1.29, 1.82) is 0 Å². The molecule has 0 rings (SSSR count). The van der Waals surface area contributed by atoms with E-state index < -0.39 is 23.7 Å². The minimum absolute atomic E-state index is 0.345. The number of Topliss-reactive ketones (excluding diaryl/α,β-unsaturated/α-hetero) is 1. The fourth-order valence-electron chi connectivity index (χ4n) is 0.616. The molecule has 0 atom stereocenters. The van der Waals surface area contributed by atoms with E-state index in [0.29, 0.717) is 0 Å². The lowest BCUT2D eigenvalue weighted by atomic mass is 10.3. The lowest BCUT2D eigenvalue weighted by Gasteiger charge is -2.03. The third-order valence-corrected chi connectivity index (χ3v) is 1.41. The molecule has 0 radical (unpaired) electrons. The zero-order valence-corrected chi connectivity index (χ0v) is 11.1. The van der Waals surface area contributed by atoms with Crippen molar-refractivity contribution in [3.8, 4) is 0 Å². The highest BCUT2D eigenvalue weighted by Crippen LogP contribution is 1.99. The summed E-state index contributed by atoms with van der Waals surface area (Å²) < 4.78 is 12.7. The quantitative estimate of drug-likeness (QED) is 0.237. The smallest absolute Gasteiger partial charge is 0.373 e. The van der Waals surface area contributed by atoms with Crippen LogP contribution in [0.25, 0.3) is 0 Å². The number of ether oxygens (including phenoxy) is 3. The zero-order chi connectivity index (χ0) is 15.4. The second kappa shape index (κ2) is 10.7. The van der Waals surface area contributed by atoms with Crippen molar-refractivity contribution >= 4 is 23.7 Å². The van der Waals surface area contributed by atoms with Crippen LogP contribution in [0.1, 0.15) is 13.3 Å². The molecule has 0 amide bonds. The Hall–Kier alpha value is -2.44. The summed E-state index contributed by atoms with van der Waals surface area (Å²) in [5.74, 6) is -2.81. The molecule has 0 aromatic heterocycles. The summed E-state index contributed by atoms with van der Waals surface area (Å²) in [5.41, 5.74) is 0. The van der Waals surface area contributed by atoms with E-state index in [4.69, 9.17) is 0 Å². The van der Waals surface area contributed by atoms with Crippen molar-refractivity contribution in [3.05, 3.63) is 25.0 Å². The molecule has 0 spiro atoms. The van der Waals surface area contributed by atoms with Gasteiger partial charge in [0, 0.05) is 6.08 Å². The largest absolute Gasteiger partial charge is 0.466 e. The van der Waals surface area contributed by atoms with E-state index in [1.54, 1.807) is 0 Å². The Morgan fingerprint density at radius 1 is 1.11 bits per heavy atom. The van der Waals surface area contributed by atoms with Gasteiger partial charge in [0.15, 0.2) is 0 Å². The van der Waals surface area contributed by atoms with Crippen LogP contribution in [0.4, 0.5) is 0 Å². The number of ketones is 1. The fraction of sp³-hybridized carbons (Fsp3) is 0.333. The second-order valence-electron chi connectivity index (χ2n) is 2.99. The molecule has 0 bridgehead atoms. The van der Waals surface area contributed by atoms with Crippen LogP contribution in [0, 0.1) is 0 Å². The lowest BCUT2D eigenvalue weighted by Crippen LogP contribution is -2.14. The maximum atomic E-state index is 10.8. The summed E-state index contributed by atoms with van der Waals surface area (Å²) in [6.45, 7) is 7.54. The molecule has 0 aromatic carbocycles.